The number of amides is 1. The van der Waals surface area contributed by atoms with Gasteiger partial charge in [0.05, 0.1) is 11.4 Å². The lowest BCUT2D eigenvalue weighted by Gasteiger charge is -2.08. The summed E-state index contributed by atoms with van der Waals surface area (Å²) < 4.78 is 8.53. The van der Waals surface area contributed by atoms with Gasteiger partial charge < -0.3 is 14.6 Å². The molecule has 4 nitrogen and oxygen atoms in total. The Kier molecular flexibility index (Phi) is 5.01. The minimum absolute atomic E-state index is 0.135. The number of hydrogen-bond donors (Lipinski definition) is 1. The molecule has 1 N–H and O–H groups in total. The van der Waals surface area contributed by atoms with Crippen LogP contribution in [0, 0.1) is 6.92 Å². The second-order valence-corrected chi connectivity index (χ2v) is 8.03. The number of hydrogen-bond acceptors (Lipinski definition) is 4. The lowest BCUT2D eigenvalue weighted by Crippen LogP contribution is -2.17. The van der Waals surface area contributed by atoms with Crippen molar-refractivity contribution in [2.75, 3.05) is 6.61 Å². The lowest BCUT2D eigenvalue weighted by atomic mass is 10.1. The van der Waals surface area contributed by atoms with Crippen LogP contribution in [0.4, 0.5) is 0 Å². The Bertz CT molecular complexity index is 1050. The number of ether oxygens (including phenoxy) is 1. The average Bonchev–Trinajstić information content (AvgIpc) is 3.17. The predicted molar refractivity (Wildman–Crippen MR) is 115 cm³/mol. The molecule has 0 unspecified atom stereocenters. The van der Waals surface area contributed by atoms with Crippen molar-refractivity contribution < 1.29 is 9.53 Å². The number of nitrogens with zero attached hydrogens (tertiary/aromatic N) is 1. The summed E-state index contributed by atoms with van der Waals surface area (Å²) in [6.45, 7) is 3.34. The van der Waals surface area contributed by atoms with Crippen LogP contribution in [-0.4, -0.2) is 21.4 Å². The molecule has 0 atom stereocenters. The van der Waals surface area contributed by atoms with Crippen molar-refractivity contribution in [2.24, 2.45) is 0 Å². The summed E-state index contributed by atoms with van der Waals surface area (Å²) >= 11 is 6.37. The third-order valence-electron chi connectivity index (χ3n) is 4.37. The van der Waals surface area contributed by atoms with E-state index in [4.69, 9.17) is 17.0 Å². The van der Waals surface area contributed by atoms with E-state index < -0.39 is 0 Å². The highest BCUT2D eigenvalue weighted by Gasteiger charge is 2.22. The van der Waals surface area contributed by atoms with E-state index in [0.29, 0.717) is 15.8 Å². The minimum Gasteiger partial charge on any atom is -0.492 e. The number of benzene rings is 2. The first-order chi connectivity index (χ1) is 13.1. The minimum atomic E-state index is -0.135. The normalized spacial score (nSPS) is 15.5. The van der Waals surface area contributed by atoms with Crippen molar-refractivity contribution in [3.8, 4) is 5.75 Å². The number of aryl methyl sites for hydroxylation is 1. The highest BCUT2D eigenvalue weighted by atomic mass is 32.2. The molecule has 4 rings (SSSR count). The van der Waals surface area contributed by atoms with Crippen LogP contribution in [0.3, 0.4) is 0 Å². The smallest absolute Gasteiger partial charge is 0.263 e. The molecule has 0 bridgehead atoms. The predicted octanol–water partition coefficient (Wildman–Crippen LogP) is 4.52. The van der Waals surface area contributed by atoms with Crippen LogP contribution in [0.5, 0.6) is 5.75 Å². The van der Waals surface area contributed by atoms with E-state index in [-0.39, 0.29) is 5.91 Å². The monoisotopic (exact) mass is 394 g/mol. The number of para-hydroxylation sites is 1. The zero-order chi connectivity index (χ0) is 18.8. The van der Waals surface area contributed by atoms with Gasteiger partial charge in [-0.25, -0.2) is 0 Å². The van der Waals surface area contributed by atoms with Crippen molar-refractivity contribution in [1.29, 1.82) is 0 Å². The van der Waals surface area contributed by atoms with Gasteiger partial charge in [0.25, 0.3) is 5.91 Å². The Balaban J connectivity index is 1.56. The molecule has 0 saturated carbocycles. The van der Waals surface area contributed by atoms with Gasteiger partial charge in [-0.05, 0) is 31.2 Å². The van der Waals surface area contributed by atoms with Gasteiger partial charge in [0.2, 0.25) is 0 Å². The second-order valence-electron chi connectivity index (χ2n) is 6.31. The fraction of sp³-hybridized carbons (Fsp3) is 0.143. The van der Waals surface area contributed by atoms with Gasteiger partial charge in [0.15, 0.2) is 0 Å². The summed E-state index contributed by atoms with van der Waals surface area (Å²) in [5.41, 5.74) is 3.33. The molecule has 0 spiro atoms. The van der Waals surface area contributed by atoms with Crippen LogP contribution in [-0.2, 0) is 11.3 Å². The van der Waals surface area contributed by atoms with Crippen LogP contribution in [0.25, 0.3) is 17.0 Å². The van der Waals surface area contributed by atoms with Crippen molar-refractivity contribution in [1.82, 2.24) is 9.88 Å². The quantitative estimate of drug-likeness (QED) is 0.510. The fourth-order valence-corrected chi connectivity index (χ4v) is 4.07. The number of thiocarbonyl (C=S) groups is 1. The highest BCUT2D eigenvalue weighted by molar-refractivity contribution is 8.26. The first-order valence-electron chi connectivity index (χ1n) is 8.62. The number of fused-ring (bicyclic) bond motifs is 1. The van der Waals surface area contributed by atoms with E-state index in [9.17, 15) is 4.79 Å². The molecule has 2 aromatic carbocycles. The maximum atomic E-state index is 12.0. The van der Waals surface area contributed by atoms with Crippen LogP contribution >= 0.6 is 24.0 Å². The van der Waals surface area contributed by atoms with Gasteiger partial charge >= 0.3 is 0 Å². The van der Waals surface area contributed by atoms with Crippen molar-refractivity contribution in [3.05, 3.63) is 70.8 Å². The van der Waals surface area contributed by atoms with Crippen LogP contribution < -0.4 is 10.1 Å². The van der Waals surface area contributed by atoms with Gasteiger partial charge in [-0.3, -0.25) is 4.79 Å². The number of aromatic nitrogens is 1. The molecule has 0 aliphatic carbocycles. The van der Waals surface area contributed by atoms with Gasteiger partial charge in [-0.15, -0.1) is 0 Å². The standard InChI is InChI=1S/C21H18N2O2S2/c1-14-6-8-16(9-7-14)25-11-10-23-13-15(17-4-2-3-5-18(17)23)12-19-20(24)22-21(26)27-19/h2-9,12-13H,10-11H2,1H3,(H,22,24,26)/b19-12+. The summed E-state index contributed by atoms with van der Waals surface area (Å²) in [6.07, 6.45) is 3.96. The number of thioether (sulfide) groups is 1. The van der Waals surface area contributed by atoms with Crippen LogP contribution in [0.2, 0.25) is 0 Å². The molecule has 1 aliphatic rings. The van der Waals surface area contributed by atoms with Crippen LogP contribution in [0.15, 0.2) is 59.6 Å². The largest absolute Gasteiger partial charge is 0.492 e. The molecule has 1 aliphatic heterocycles. The zero-order valence-electron chi connectivity index (χ0n) is 14.8. The molecule has 1 saturated heterocycles. The molecule has 27 heavy (non-hydrogen) atoms. The molecule has 0 radical (unpaired) electrons. The molecular formula is C21H18N2O2S2. The maximum absolute atomic E-state index is 12.0. The van der Waals surface area contributed by atoms with E-state index in [1.165, 1.54) is 17.3 Å². The van der Waals surface area contributed by atoms with E-state index in [1.54, 1.807) is 0 Å². The molecule has 2 heterocycles. The first kappa shape index (κ1) is 17.8. The average molecular weight is 395 g/mol. The Morgan fingerprint density at radius 1 is 1.19 bits per heavy atom. The number of carbonyl (C=O) groups excluding carboxylic acids is 1. The zero-order valence-corrected chi connectivity index (χ0v) is 16.4. The molecule has 1 amide bonds. The van der Waals surface area contributed by atoms with Gasteiger partial charge in [-0.2, -0.15) is 0 Å². The van der Waals surface area contributed by atoms with E-state index in [2.05, 4.69) is 35.1 Å². The highest BCUT2D eigenvalue weighted by Crippen LogP contribution is 2.29. The molecule has 136 valence electrons. The summed E-state index contributed by atoms with van der Waals surface area (Å²) in [5, 5.41) is 3.76. The SMILES string of the molecule is Cc1ccc(OCCn2cc(/C=C3/SC(=S)NC3=O)c3ccccc32)cc1. The van der Waals surface area contributed by atoms with E-state index in [1.807, 2.05) is 42.5 Å². The second kappa shape index (κ2) is 7.58. The summed E-state index contributed by atoms with van der Waals surface area (Å²) in [6, 6.07) is 16.2. The topological polar surface area (TPSA) is 43.3 Å². The molecule has 3 aromatic rings. The Morgan fingerprint density at radius 3 is 2.70 bits per heavy atom. The van der Waals surface area contributed by atoms with Crippen molar-refractivity contribution in [3.63, 3.8) is 0 Å². The summed E-state index contributed by atoms with van der Waals surface area (Å²) in [7, 11) is 0. The third-order valence-corrected chi connectivity index (χ3v) is 5.53. The number of rotatable bonds is 5. The number of nitrogens with one attached hydrogen (secondary N) is 1. The Morgan fingerprint density at radius 2 is 1.96 bits per heavy atom. The molecule has 1 fully saturated rings. The van der Waals surface area contributed by atoms with Crippen molar-refractivity contribution >= 4 is 51.2 Å². The number of carbonyl (C=O) groups is 1. The molecule has 1 aromatic heterocycles. The molecule has 6 heteroatoms. The van der Waals surface area contributed by atoms with Gasteiger partial charge in [0.1, 0.15) is 16.7 Å². The molecular weight excluding hydrogens is 376 g/mol. The fourth-order valence-electron chi connectivity index (χ4n) is 3.03. The van der Waals surface area contributed by atoms with E-state index in [0.717, 1.165) is 28.8 Å². The summed E-state index contributed by atoms with van der Waals surface area (Å²) in [4.78, 5) is 12.6. The van der Waals surface area contributed by atoms with E-state index >= 15 is 0 Å². The summed E-state index contributed by atoms with van der Waals surface area (Å²) in [5.74, 6) is 0.733. The Labute approximate surface area is 167 Å². The van der Waals surface area contributed by atoms with Crippen molar-refractivity contribution in [2.45, 2.75) is 13.5 Å². The van der Waals surface area contributed by atoms with Gasteiger partial charge in [-0.1, -0.05) is 59.9 Å². The van der Waals surface area contributed by atoms with Gasteiger partial charge in [0, 0.05) is 22.7 Å². The lowest BCUT2D eigenvalue weighted by molar-refractivity contribution is -0.115. The third kappa shape index (κ3) is 3.91. The van der Waals surface area contributed by atoms with Crippen LogP contribution in [0.1, 0.15) is 11.1 Å². The Hall–Kier alpha value is -2.57. The first-order valence-corrected chi connectivity index (χ1v) is 9.85. The maximum Gasteiger partial charge on any atom is 0.263 e.